The van der Waals surface area contributed by atoms with Gasteiger partial charge in [-0.3, -0.25) is 4.98 Å². The molecule has 2 aromatic rings. The van der Waals surface area contributed by atoms with Gasteiger partial charge in [0.15, 0.2) is 0 Å². The Balaban J connectivity index is 1.84. The van der Waals surface area contributed by atoms with Crippen LogP contribution in [0.4, 0.5) is 0 Å². The third kappa shape index (κ3) is 2.70. The van der Waals surface area contributed by atoms with Gasteiger partial charge in [0.05, 0.1) is 11.7 Å². The third-order valence-electron chi connectivity index (χ3n) is 2.99. The van der Waals surface area contributed by atoms with Crippen molar-refractivity contribution in [2.24, 2.45) is 0 Å². The Bertz CT molecular complexity index is 356. The average Bonchev–Trinajstić information content (AvgIpc) is 2.95. The zero-order valence-electron chi connectivity index (χ0n) is 9.59. The molecule has 0 fully saturated rings. The van der Waals surface area contributed by atoms with Gasteiger partial charge in [0.2, 0.25) is 0 Å². The van der Waals surface area contributed by atoms with Crippen molar-refractivity contribution >= 4 is 11.3 Å². The monoisotopic (exact) mass is 236 g/mol. The Labute approximate surface area is 99.5 Å². The summed E-state index contributed by atoms with van der Waals surface area (Å²) in [6.45, 7) is 4.47. The van der Waals surface area contributed by atoms with Crippen LogP contribution in [-0.4, -0.2) is 10.1 Å². The summed E-state index contributed by atoms with van der Waals surface area (Å²) in [7, 11) is 0. The molecule has 2 unspecified atom stereocenters. The molecule has 2 atom stereocenters. The second kappa shape index (κ2) is 5.25. The highest BCUT2D eigenvalue weighted by Gasteiger charge is 2.12. The fourth-order valence-corrected chi connectivity index (χ4v) is 2.45. The second-order valence-electron chi connectivity index (χ2n) is 4.24. The highest BCUT2D eigenvalue weighted by molar-refractivity contribution is 7.09. The van der Waals surface area contributed by atoms with Crippen LogP contribution in [0.2, 0.25) is 0 Å². The maximum absolute atomic E-state index is 4.86. The van der Waals surface area contributed by atoms with Gasteiger partial charge in [-0.05, 0) is 24.7 Å². The first-order chi connectivity index (χ1) is 7.77. The molecule has 0 aliphatic carbocycles. The summed E-state index contributed by atoms with van der Waals surface area (Å²) in [4.78, 5) is 5.49. The lowest BCUT2D eigenvalue weighted by molar-refractivity contribution is 0.417. The highest BCUT2D eigenvalue weighted by Crippen LogP contribution is 2.28. The van der Waals surface area contributed by atoms with Crippen LogP contribution in [0.5, 0.6) is 0 Å². The van der Waals surface area contributed by atoms with Crippen molar-refractivity contribution in [3.8, 4) is 0 Å². The SMILES string of the molecule is CC(CCC(C)c1cncs1)c1cnoc1. The fraction of sp³-hybridized carbons (Fsp3) is 0.500. The minimum atomic E-state index is 0.515. The van der Waals surface area contributed by atoms with Crippen LogP contribution in [0.1, 0.15) is 49.0 Å². The van der Waals surface area contributed by atoms with E-state index in [1.165, 1.54) is 16.9 Å². The Morgan fingerprint density at radius 2 is 2.06 bits per heavy atom. The van der Waals surface area contributed by atoms with E-state index in [1.807, 2.05) is 17.9 Å². The number of thiazole rings is 1. The lowest BCUT2D eigenvalue weighted by Gasteiger charge is -2.12. The minimum absolute atomic E-state index is 0.515. The predicted molar refractivity (Wildman–Crippen MR) is 64.7 cm³/mol. The van der Waals surface area contributed by atoms with Crippen LogP contribution >= 0.6 is 11.3 Å². The molecule has 0 radical (unpaired) electrons. The van der Waals surface area contributed by atoms with E-state index < -0.39 is 0 Å². The van der Waals surface area contributed by atoms with Gasteiger partial charge < -0.3 is 4.52 Å². The molecule has 0 aliphatic heterocycles. The Morgan fingerprint density at radius 1 is 1.25 bits per heavy atom. The molecule has 2 heterocycles. The summed E-state index contributed by atoms with van der Waals surface area (Å²) in [5.41, 5.74) is 3.09. The van der Waals surface area contributed by atoms with Gasteiger partial charge in [0.25, 0.3) is 0 Å². The summed E-state index contributed by atoms with van der Waals surface area (Å²) >= 11 is 1.74. The van der Waals surface area contributed by atoms with E-state index in [1.54, 1.807) is 17.6 Å². The first kappa shape index (κ1) is 11.3. The molecule has 2 aromatic heterocycles. The van der Waals surface area contributed by atoms with Crippen LogP contribution in [-0.2, 0) is 0 Å². The Hall–Kier alpha value is -1.16. The molecule has 0 aliphatic rings. The van der Waals surface area contributed by atoms with Gasteiger partial charge in [-0.1, -0.05) is 19.0 Å². The highest BCUT2D eigenvalue weighted by atomic mass is 32.1. The van der Waals surface area contributed by atoms with Crippen molar-refractivity contribution in [2.45, 2.75) is 38.5 Å². The number of rotatable bonds is 5. The quantitative estimate of drug-likeness (QED) is 0.792. The standard InChI is InChI=1S/C12H16N2OS/c1-9(11-5-14-15-7-11)3-4-10(2)12-6-13-8-16-12/h5-10H,3-4H2,1-2H3. The summed E-state index contributed by atoms with van der Waals surface area (Å²) in [6.07, 6.45) is 7.85. The van der Waals surface area contributed by atoms with E-state index in [-0.39, 0.29) is 0 Å². The van der Waals surface area contributed by atoms with Gasteiger partial charge in [-0.2, -0.15) is 0 Å². The van der Waals surface area contributed by atoms with Crippen molar-refractivity contribution in [3.05, 3.63) is 34.6 Å². The molecule has 0 bridgehead atoms. The number of hydrogen-bond donors (Lipinski definition) is 0. The van der Waals surface area contributed by atoms with E-state index in [0.29, 0.717) is 11.8 Å². The van der Waals surface area contributed by atoms with Crippen LogP contribution in [0, 0.1) is 0 Å². The summed E-state index contributed by atoms with van der Waals surface area (Å²) in [5.74, 6) is 1.11. The molecule has 16 heavy (non-hydrogen) atoms. The van der Waals surface area contributed by atoms with E-state index in [2.05, 4.69) is 24.0 Å². The van der Waals surface area contributed by atoms with Crippen LogP contribution < -0.4 is 0 Å². The van der Waals surface area contributed by atoms with Crippen molar-refractivity contribution in [1.82, 2.24) is 10.1 Å². The average molecular weight is 236 g/mol. The molecule has 0 spiro atoms. The van der Waals surface area contributed by atoms with Crippen LogP contribution in [0.15, 0.2) is 28.7 Å². The van der Waals surface area contributed by atoms with Crippen molar-refractivity contribution in [2.75, 3.05) is 0 Å². The van der Waals surface area contributed by atoms with Crippen LogP contribution in [0.3, 0.4) is 0 Å². The van der Waals surface area contributed by atoms with Gasteiger partial charge in [-0.25, -0.2) is 0 Å². The van der Waals surface area contributed by atoms with Crippen molar-refractivity contribution in [1.29, 1.82) is 0 Å². The lowest BCUT2D eigenvalue weighted by atomic mass is 9.94. The molecule has 0 saturated carbocycles. The zero-order valence-corrected chi connectivity index (χ0v) is 10.4. The molecule has 86 valence electrons. The van der Waals surface area contributed by atoms with Crippen molar-refractivity contribution < 1.29 is 4.52 Å². The molecule has 0 aromatic carbocycles. The van der Waals surface area contributed by atoms with Gasteiger partial charge in [0.1, 0.15) is 6.26 Å². The van der Waals surface area contributed by atoms with E-state index in [9.17, 15) is 0 Å². The smallest absolute Gasteiger partial charge is 0.127 e. The molecule has 0 N–H and O–H groups in total. The minimum Gasteiger partial charge on any atom is -0.364 e. The first-order valence-corrected chi connectivity index (χ1v) is 6.43. The normalized spacial score (nSPS) is 14.9. The molecule has 3 nitrogen and oxygen atoms in total. The molecular formula is C12H16N2OS. The Morgan fingerprint density at radius 3 is 2.69 bits per heavy atom. The molecule has 0 saturated heterocycles. The molecule has 4 heteroatoms. The van der Waals surface area contributed by atoms with E-state index >= 15 is 0 Å². The lowest BCUT2D eigenvalue weighted by Crippen LogP contribution is -1.96. The maximum atomic E-state index is 4.86. The molecule has 2 rings (SSSR count). The second-order valence-corrected chi connectivity index (χ2v) is 5.16. The van der Waals surface area contributed by atoms with Gasteiger partial charge in [0, 0.05) is 16.6 Å². The van der Waals surface area contributed by atoms with Crippen LogP contribution in [0.25, 0.3) is 0 Å². The van der Waals surface area contributed by atoms with Gasteiger partial charge in [-0.15, -0.1) is 11.3 Å². The molecular weight excluding hydrogens is 220 g/mol. The topological polar surface area (TPSA) is 38.9 Å². The zero-order chi connectivity index (χ0) is 11.4. The first-order valence-electron chi connectivity index (χ1n) is 5.55. The Kier molecular flexibility index (Phi) is 3.72. The largest absolute Gasteiger partial charge is 0.364 e. The van der Waals surface area contributed by atoms with Crippen molar-refractivity contribution in [3.63, 3.8) is 0 Å². The third-order valence-corrected chi connectivity index (χ3v) is 4.00. The summed E-state index contributed by atoms with van der Waals surface area (Å²) in [5, 5.41) is 3.74. The summed E-state index contributed by atoms with van der Waals surface area (Å²) in [6, 6.07) is 0. The predicted octanol–water partition coefficient (Wildman–Crippen LogP) is 3.82. The fourth-order valence-electron chi connectivity index (χ4n) is 1.73. The summed E-state index contributed by atoms with van der Waals surface area (Å²) < 4.78 is 4.86. The van der Waals surface area contributed by atoms with Gasteiger partial charge >= 0.3 is 0 Å². The van der Waals surface area contributed by atoms with E-state index in [0.717, 1.165) is 6.42 Å². The number of nitrogens with zero attached hydrogens (tertiary/aromatic N) is 2. The maximum Gasteiger partial charge on any atom is 0.127 e. The number of aromatic nitrogens is 2. The number of hydrogen-bond acceptors (Lipinski definition) is 4. The molecule has 0 amide bonds. The van der Waals surface area contributed by atoms with E-state index in [4.69, 9.17) is 4.52 Å².